The van der Waals surface area contributed by atoms with Gasteiger partial charge in [-0.25, -0.2) is 4.98 Å². The van der Waals surface area contributed by atoms with E-state index in [0.29, 0.717) is 12.2 Å². The van der Waals surface area contributed by atoms with Crippen molar-refractivity contribution in [3.8, 4) is 9.88 Å². The van der Waals surface area contributed by atoms with E-state index in [1.54, 1.807) is 5.38 Å². The van der Waals surface area contributed by atoms with Crippen LogP contribution in [0.1, 0.15) is 10.5 Å². The first-order valence-electron chi connectivity index (χ1n) is 7.15. The van der Waals surface area contributed by atoms with Crippen LogP contribution in [-0.2, 0) is 0 Å². The highest BCUT2D eigenvalue weighted by Gasteiger charge is 2.14. The topological polar surface area (TPSA) is 57.3 Å². The summed E-state index contributed by atoms with van der Waals surface area (Å²) in [4.78, 5) is 19.8. The van der Waals surface area contributed by atoms with Crippen LogP contribution in [0.2, 0.25) is 4.34 Å². The molecule has 8 heteroatoms. The molecular formula is C14H17ClN4OS2. The summed E-state index contributed by atoms with van der Waals surface area (Å²) in [5.41, 5.74) is 0.477. The lowest BCUT2D eigenvalue weighted by Crippen LogP contribution is -2.46. The number of nitrogens with one attached hydrogen (secondary N) is 2. The van der Waals surface area contributed by atoms with Gasteiger partial charge in [-0.3, -0.25) is 9.69 Å². The van der Waals surface area contributed by atoms with E-state index in [1.807, 2.05) is 12.1 Å². The second-order valence-corrected chi connectivity index (χ2v) is 7.56. The molecule has 0 aliphatic carbocycles. The molecule has 1 saturated heterocycles. The number of thiophene rings is 1. The molecule has 0 radical (unpaired) electrons. The van der Waals surface area contributed by atoms with Crippen LogP contribution in [0.3, 0.4) is 0 Å². The molecule has 0 bridgehead atoms. The van der Waals surface area contributed by atoms with Crippen LogP contribution in [-0.4, -0.2) is 55.1 Å². The van der Waals surface area contributed by atoms with E-state index in [2.05, 4.69) is 20.5 Å². The number of carbonyl (C=O) groups is 1. The van der Waals surface area contributed by atoms with Gasteiger partial charge in [0.25, 0.3) is 5.91 Å². The minimum Gasteiger partial charge on any atom is -0.349 e. The Balaban J connectivity index is 1.51. The van der Waals surface area contributed by atoms with Crippen molar-refractivity contribution in [3.63, 3.8) is 0 Å². The van der Waals surface area contributed by atoms with E-state index in [9.17, 15) is 4.79 Å². The number of amides is 1. The van der Waals surface area contributed by atoms with E-state index in [4.69, 9.17) is 11.6 Å². The Morgan fingerprint density at radius 2 is 2.23 bits per heavy atom. The van der Waals surface area contributed by atoms with Gasteiger partial charge in [0.2, 0.25) is 0 Å². The van der Waals surface area contributed by atoms with Crippen molar-refractivity contribution in [2.24, 2.45) is 0 Å². The Morgan fingerprint density at radius 1 is 1.41 bits per heavy atom. The molecule has 3 heterocycles. The summed E-state index contributed by atoms with van der Waals surface area (Å²) in [5, 5.41) is 8.88. The summed E-state index contributed by atoms with van der Waals surface area (Å²) in [6, 6.07) is 3.77. The van der Waals surface area contributed by atoms with Gasteiger partial charge in [-0.2, -0.15) is 0 Å². The maximum Gasteiger partial charge on any atom is 0.270 e. The minimum absolute atomic E-state index is 0.111. The normalized spacial score (nSPS) is 15.9. The third-order valence-electron chi connectivity index (χ3n) is 3.44. The van der Waals surface area contributed by atoms with Gasteiger partial charge in [0, 0.05) is 44.6 Å². The average Bonchev–Trinajstić information content (AvgIpc) is 3.17. The molecule has 0 spiro atoms. The van der Waals surface area contributed by atoms with Gasteiger partial charge in [0.1, 0.15) is 10.7 Å². The van der Waals surface area contributed by atoms with Crippen LogP contribution in [0.5, 0.6) is 0 Å². The Hall–Kier alpha value is -0.990. The number of hydrogen-bond acceptors (Lipinski definition) is 6. The van der Waals surface area contributed by atoms with Gasteiger partial charge >= 0.3 is 0 Å². The smallest absolute Gasteiger partial charge is 0.270 e. The van der Waals surface area contributed by atoms with Gasteiger partial charge in [0.15, 0.2) is 0 Å². The zero-order chi connectivity index (χ0) is 15.4. The molecule has 0 unspecified atom stereocenters. The van der Waals surface area contributed by atoms with Gasteiger partial charge in [-0.15, -0.1) is 22.7 Å². The summed E-state index contributed by atoms with van der Waals surface area (Å²) < 4.78 is 0.729. The highest BCUT2D eigenvalue weighted by molar-refractivity contribution is 7.23. The zero-order valence-electron chi connectivity index (χ0n) is 12.0. The summed E-state index contributed by atoms with van der Waals surface area (Å²) in [7, 11) is 0. The largest absolute Gasteiger partial charge is 0.349 e. The predicted molar refractivity (Wildman–Crippen MR) is 92.1 cm³/mol. The predicted octanol–water partition coefficient (Wildman–Crippen LogP) is 2.16. The fourth-order valence-electron chi connectivity index (χ4n) is 2.27. The van der Waals surface area contributed by atoms with Crippen LogP contribution < -0.4 is 10.6 Å². The first-order valence-corrected chi connectivity index (χ1v) is 9.22. The second-order valence-electron chi connectivity index (χ2n) is 4.99. The zero-order valence-corrected chi connectivity index (χ0v) is 14.4. The molecule has 2 aromatic rings. The van der Waals surface area contributed by atoms with Crippen LogP contribution >= 0.6 is 34.3 Å². The molecule has 1 amide bonds. The molecule has 1 fully saturated rings. The SMILES string of the molecule is O=C(NCCN1CCNCC1)c1csc(-c2ccc(Cl)s2)n1. The molecule has 1 aliphatic heterocycles. The molecule has 0 aromatic carbocycles. The van der Waals surface area contributed by atoms with Crippen LogP contribution in [0.25, 0.3) is 9.88 Å². The fourth-order valence-corrected chi connectivity index (χ4v) is 4.19. The molecule has 2 N–H and O–H groups in total. The van der Waals surface area contributed by atoms with Gasteiger partial charge in [-0.1, -0.05) is 11.6 Å². The van der Waals surface area contributed by atoms with Crippen LogP contribution in [0.4, 0.5) is 0 Å². The van der Waals surface area contributed by atoms with Crippen molar-refractivity contribution in [2.75, 3.05) is 39.3 Å². The molecule has 2 aromatic heterocycles. The number of halogens is 1. The lowest BCUT2D eigenvalue weighted by molar-refractivity contribution is 0.0943. The Morgan fingerprint density at radius 3 is 2.95 bits per heavy atom. The average molecular weight is 357 g/mol. The number of rotatable bonds is 5. The lowest BCUT2D eigenvalue weighted by Gasteiger charge is -2.26. The highest BCUT2D eigenvalue weighted by atomic mass is 35.5. The monoisotopic (exact) mass is 356 g/mol. The number of carbonyl (C=O) groups excluding carboxylic acids is 1. The molecule has 3 rings (SSSR count). The Kier molecular flexibility index (Phi) is 5.43. The molecule has 22 heavy (non-hydrogen) atoms. The molecule has 0 atom stereocenters. The second kappa shape index (κ2) is 7.52. The number of aromatic nitrogens is 1. The number of nitrogens with zero attached hydrogens (tertiary/aromatic N) is 2. The van der Waals surface area contributed by atoms with Crippen molar-refractivity contribution in [2.45, 2.75) is 0 Å². The van der Waals surface area contributed by atoms with Crippen molar-refractivity contribution in [1.82, 2.24) is 20.5 Å². The molecule has 5 nitrogen and oxygen atoms in total. The fraction of sp³-hybridized carbons (Fsp3) is 0.429. The third-order valence-corrected chi connectivity index (χ3v) is 5.69. The van der Waals surface area contributed by atoms with Crippen molar-refractivity contribution in [3.05, 3.63) is 27.5 Å². The van der Waals surface area contributed by atoms with E-state index in [-0.39, 0.29) is 5.91 Å². The standard InChI is InChI=1S/C14H17ClN4OS2/c15-12-2-1-11(22-12)14-18-10(9-21-14)13(20)17-5-8-19-6-3-16-4-7-19/h1-2,9,16H,3-8H2,(H,17,20). The summed E-state index contributed by atoms with van der Waals surface area (Å²) in [6.45, 7) is 5.65. The lowest BCUT2D eigenvalue weighted by atomic mass is 10.3. The van der Waals surface area contributed by atoms with E-state index >= 15 is 0 Å². The Bertz CT molecular complexity index is 636. The van der Waals surface area contributed by atoms with Crippen LogP contribution in [0, 0.1) is 0 Å². The van der Waals surface area contributed by atoms with E-state index in [0.717, 1.165) is 46.9 Å². The minimum atomic E-state index is -0.111. The molecule has 1 aliphatic rings. The van der Waals surface area contributed by atoms with Gasteiger partial charge in [0.05, 0.1) is 9.21 Å². The maximum absolute atomic E-state index is 12.1. The molecule has 0 saturated carbocycles. The first-order chi connectivity index (χ1) is 10.7. The third kappa shape index (κ3) is 4.05. The van der Waals surface area contributed by atoms with Gasteiger partial charge in [-0.05, 0) is 12.1 Å². The van der Waals surface area contributed by atoms with E-state index in [1.165, 1.54) is 22.7 Å². The first kappa shape index (κ1) is 15.9. The highest BCUT2D eigenvalue weighted by Crippen LogP contribution is 2.32. The number of hydrogen-bond donors (Lipinski definition) is 2. The summed E-state index contributed by atoms with van der Waals surface area (Å²) in [5.74, 6) is -0.111. The quantitative estimate of drug-likeness (QED) is 0.862. The van der Waals surface area contributed by atoms with Crippen LogP contribution in [0.15, 0.2) is 17.5 Å². The number of thiazole rings is 1. The molecule has 118 valence electrons. The Labute approximate surface area is 142 Å². The van der Waals surface area contributed by atoms with Crippen molar-refractivity contribution < 1.29 is 4.79 Å². The van der Waals surface area contributed by atoms with Crippen molar-refractivity contribution >= 4 is 40.2 Å². The van der Waals surface area contributed by atoms with E-state index < -0.39 is 0 Å². The van der Waals surface area contributed by atoms with Crippen molar-refractivity contribution in [1.29, 1.82) is 0 Å². The molecular weight excluding hydrogens is 340 g/mol. The number of piperazine rings is 1. The maximum atomic E-state index is 12.1. The summed E-state index contributed by atoms with van der Waals surface area (Å²) in [6.07, 6.45) is 0. The van der Waals surface area contributed by atoms with Gasteiger partial charge < -0.3 is 10.6 Å². The summed E-state index contributed by atoms with van der Waals surface area (Å²) >= 11 is 8.87.